The van der Waals surface area contributed by atoms with E-state index in [0.717, 1.165) is 32.4 Å². The minimum Gasteiger partial charge on any atom is -0.344 e. The molecule has 4 atom stereocenters. The third kappa shape index (κ3) is 3.53. The van der Waals surface area contributed by atoms with E-state index in [1.165, 1.54) is 19.4 Å². The first-order chi connectivity index (χ1) is 9.52. The van der Waals surface area contributed by atoms with Gasteiger partial charge in [-0.15, -0.1) is 0 Å². The predicted octanol–water partition coefficient (Wildman–Crippen LogP) is 1.69. The zero-order valence-corrected chi connectivity index (χ0v) is 13.3. The van der Waals surface area contributed by atoms with Crippen LogP contribution in [0.3, 0.4) is 0 Å². The largest absolute Gasteiger partial charge is 0.344 e. The molecule has 4 heteroatoms. The van der Waals surface area contributed by atoms with E-state index in [4.69, 9.17) is 5.73 Å². The summed E-state index contributed by atoms with van der Waals surface area (Å²) in [5, 5.41) is 0. The van der Waals surface area contributed by atoms with E-state index < -0.39 is 0 Å². The molecule has 1 heterocycles. The molecule has 4 unspecified atom stereocenters. The maximum Gasteiger partial charge on any atom is 0.225 e. The zero-order valence-electron chi connectivity index (χ0n) is 13.3. The van der Waals surface area contributed by atoms with Crippen molar-refractivity contribution in [2.24, 2.45) is 17.6 Å². The fraction of sp³-hybridized carbons (Fsp3) is 0.938. The highest BCUT2D eigenvalue weighted by atomic mass is 16.2. The normalized spacial score (nSPS) is 35.2. The Labute approximate surface area is 123 Å². The number of rotatable bonds is 4. The fourth-order valence-corrected chi connectivity index (χ4v) is 3.91. The van der Waals surface area contributed by atoms with E-state index in [9.17, 15) is 4.79 Å². The molecule has 0 aromatic rings. The molecule has 2 rings (SSSR count). The van der Waals surface area contributed by atoms with Gasteiger partial charge in [0.2, 0.25) is 5.91 Å². The van der Waals surface area contributed by atoms with Gasteiger partial charge >= 0.3 is 0 Å². The molecule has 1 amide bonds. The van der Waals surface area contributed by atoms with Crippen LogP contribution >= 0.6 is 0 Å². The highest BCUT2D eigenvalue weighted by molar-refractivity contribution is 5.79. The van der Waals surface area contributed by atoms with Crippen molar-refractivity contribution >= 4 is 5.91 Å². The Morgan fingerprint density at radius 3 is 2.80 bits per heavy atom. The van der Waals surface area contributed by atoms with Crippen molar-refractivity contribution in [3.8, 4) is 0 Å². The van der Waals surface area contributed by atoms with Gasteiger partial charge in [0.15, 0.2) is 0 Å². The lowest BCUT2D eigenvalue weighted by Gasteiger charge is -2.35. The lowest BCUT2D eigenvalue weighted by Crippen LogP contribution is -2.46. The standard InChI is InChI=1S/C16H31N3O/c1-4-19-9-5-6-14(19)11-18(3)16(20)15-10-13(17)8-7-12(15)2/h12-15H,4-11,17H2,1-3H3. The second-order valence-corrected chi connectivity index (χ2v) is 6.80. The van der Waals surface area contributed by atoms with Gasteiger partial charge in [-0.25, -0.2) is 0 Å². The van der Waals surface area contributed by atoms with Gasteiger partial charge in [0, 0.05) is 31.6 Å². The molecule has 0 aromatic carbocycles. The summed E-state index contributed by atoms with van der Waals surface area (Å²) < 4.78 is 0. The van der Waals surface area contributed by atoms with E-state index in [1.54, 1.807) is 0 Å². The van der Waals surface area contributed by atoms with Crippen LogP contribution in [0.15, 0.2) is 0 Å². The number of likely N-dealkylation sites (tertiary alicyclic amines) is 1. The van der Waals surface area contributed by atoms with Crippen molar-refractivity contribution in [1.82, 2.24) is 9.80 Å². The number of nitrogens with zero attached hydrogens (tertiary/aromatic N) is 2. The Bertz CT molecular complexity index is 334. The molecule has 20 heavy (non-hydrogen) atoms. The fourth-order valence-electron chi connectivity index (χ4n) is 3.91. The van der Waals surface area contributed by atoms with Crippen LogP contribution in [0.4, 0.5) is 0 Å². The van der Waals surface area contributed by atoms with Gasteiger partial charge in [0.1, 0.15) is 0 Å². The molecule has 2 fully saturated rings. The topological polar surface area (TPSA) is 49.6 Å². The number of amides is 1. The molecule has 0 aromatic heterocycles. The maximum atomic E-state index is 12.7. The van der Waals surface area contributed by atoms with E-state index >= 15 is 0 Å². The maximum absolute atomic E-state index is 12.7. The summed E-state index contributed by atoms with van der Waals surface area (Å²) in [4.78, 5) is 17.2. The van der Waals surface area contributed by atoms with Crippen LogP contribution < -0.4 is 5.73 Å². The molecule has 1 aliphatic carbocycles. The van der Waals surface area contributed by atoms with Crippen LogP contribution in [0, 0.1) is 11.8 Å². The number of hydrogen-bond acceptors (Lipinski definition) is 3. The summed E-state index contributed by atoms with van der Waals surface area (Å²) in [6.45, 7) is 7.58. The first-order valence-corrected chi connectivity index (χ1v) is 8.27. The van der Waals surface area contributed by atoms with E-state index in [0.29, 0.717) is 17.9 Å². The SMILES string of the molecule is CCN1CCCC1CN(C)C(=O)C1CC(N)CCC1C. The third-order valence-electron chi connectivity index (χ3n) is 5.32. The molecule has 2 N–H and O–H groups in total. The quantitative estimate of drug-likeness (QED) is 0.853. The van der Waals surface area contributed by atoms with Crippen LogP contribution in [0.25, 0.3) is 0 Å². The monoisotopic (exact) mass is 281 g/mol. The molecule has 1 saturated heterocycles. The Morgan fingerprint density at radius 2 is 2.10 bits per heavy atom. The number of carbonyl (C=O) groups is 1. The minimum atomic E-state index is 0.139. The number of likely N-dealkylation sites (N-methyl/N-ethyl adjacent to an activating group) is 2. The van der Waals surface area contributed by atoms with Gasteiger partial charge < -0.3 is 10.6 Å². The number of carbonyl (C=O) groups excluding carboxylic acids is 1. The number of hydrogen-bond donors (Lipinski definition) is 1. The van der Waals surface area contributed by atoms with E-state index in [1.807, 2.05) is 11.9 Å². The van der Waals surface area contributed by atoms with Gasteiger partial charge in [-0.1, -0.05) is 13.8 Å². The van der Waals surface area contributed by atoms with Crippen LogP contribution in [0.2, 0.25) is 0 Å². The summed E-state index contributed by atoms with van der Waals surface area (Å²) >= 11 is 0. The van der Waals surface area contributed by atoms with Crippen molar-refractivity contribution in [3.63, 3.8) is 0 Å². The molecule has 116 valence electrons. The van der Waals surface area contributed by atoms with Crippen molar-refractivity contribution < 1.29 is 4.79 Å². The average molecular weight is 281 g/mol. The summed E-state index contributed by atoms with van der Waals surface area (Å²) in [6.07, 6.45) is 5.53. The van der Waals surface area contributed by atoms with Gasteiger partial charge in [-0.05, 0) is 51.1 Å². The van der Waals surface area contributed by atoms with Crippen LogP contribution in [0.5, 0.6) is 0 Å². The highest BCUT2D eigenvalue weighted by Crippen LogP contribution is 2.30. The van der Waals surface area contributed by atoms with Crippen molar-refractivity contribution in [2.75, 3.05) is 26.7 Å². The Hall–Kier alpha value is -0.610. The molecule has 2 aliphatic rings. The summed E-state index contributed by atoms with van der Waals surface area (Å²) in [5.74, 6) is 0.937. The van der Waals surface area contributed by atoms with Gasteiger partial charge in [0.25, 0.3) is 0 Å². The molecule has 0 radical (unpaired) electrons. The highest BCUT2D eigenvalue weighted by Gasteiger charge is 2.34. The second-order valence-electron chi connectivity index (χ2n) is 6.80. The zero-order chi connectivity index (χ0) is 14.7. The molecule has 1 saturated carbocycles. The number of nitrogens with two attached hydrogens (primary N) is 1. The first kappa shape index (κ1) is 15.8. The molecular formula is C16H31N3O. The lowest BCUT2D eigenvalue weighted by atomic mass is 9.77. The van der Waals surface area contributed by atoms with Crippen molar-refractivity contribution in [1.29, 1.82) is 0 Å². The molecule has 4 nitrogen and oxygen atoms in total. The van der Waals surface area contributed by atoms with Gasteiger partial charge in [-0.2, -0.15) is 0 Å². The smallest absolute Gasteiger partial charge is 0.225 e. The van der Waals surface area contributed by atoms with Gasteiger partial charge in [0.05, 0.1) is 0 Å². The third-order valence-corrected chi connectivity index (χ3v) is 5.32. The van der Waals surface area contributed by atoms with Crippen LogP contribution in [-0.2, 0) is 4.79 Å². The Kier molecular flexibility index (Phi) is 5.44. The first-order valence-electron chi connectivity index (χ1n) is 8.27. The molecule has 0 bridgehead atoms. The predicted molar refractivity (Wildman–Crippen MR) is 82.4 cm³/mol. The van der Waals surface area contributed by atoms with Crippen molar-refractivity contribution in [3.05, 3.63) is 0 Å². The minimum absolute atomic E-state index is 0.139. The summed E-state index contributed by atoms with van der Waals surface area (Å²) in [6, 6.07) is 0.772. The summed E-state index contributed by atoms with van der Waals surface area (Å²) in [7, 11) is 1.97. The van der Waals surface area contributed by atoms with E-state index in [-0.39, 0.29) is 12.0 Å². The average Bonchev–Trinajstić information content (AvgIpc) is 2.87. The molecule has 0 spiro atoms. The van der Waals surface area contributed by atoms with E-state index in [2.05, 4.69) is 18.7 Å². The van der Waals surface area contributed by atoms with Gasteiger partial charge in [-0.3, -0.25) is 9.69 Å². The van der Waals surface area contributed by atoms with Crippen molar-refractivity contribution in [2.45, 2.75) is 58.0 Å². The molecular weight excluding hydrogens is 250 g/mol. The lowest BCUT2D eigenvalue weighted by molar-refractivity contribution is -0.137. The Balaban J connectivity index is 1.90. The summed E-state index contributed by atoms with van der Waals surface area (Å²) in [5.41, 5.74) is 6.05. The van der Waals surface area contributed by atoms with Crippen LogP contribution in [0.1, 0.15) is 46.0 Å². The second kappa shape index (κ2) is 6.90. The molecule has 1 aliphatic heterocycles. The van der Waals surface area contributed by atoms with Crippen LogP contribution in [-0.4, -0.2) is 54.5 Å². The Morgan fingerprint density at radius 1 is 1.35 bits per heavy atom.